The quantitative estimate of drug-likeness (QED) is 0.597. The van der Waals surface area contributed by atoms with Crippen molar-refractivity contribution >= 4 is 44.2 Å². The molecule has 0 N–H and O–H groups in total. The molecule has 0 spiro atoms. The molecule has 0 aliphatic rings. The van der Waals surface area contributed by atoms with Crippen LogP contribution in [0.15, 0.2) is 47.3 Å². The molecule has 0 bridgehead atoms. The van der Waals surface area contributed by atoms with E-state index in [9.17, 15) is 9.18 Å². The second-order valence-corrected chi connectivity index (χ2v) is 5.93. The molecule has 5 heteroatoms. The molecule has 0 unspecified atom stereocenters. The van der Waals surface area contributed by atoms with Gasteiger partial charge in [0, 0.05) is 3.57 Å². The second-order valence-electron chi connectivity index (χ2n) is 3.78. The van der Waals surface area contributed by atoms with Gasteiger partial charge < -0.3 is 0 Å². The van der Waals surface area contributed by atoms with E-state index in [1.54, 1.807) is 16.1 Å². The molecule has 2 aromatic carbocycles. The predicted molar refractivity (Wildman–Crippen MR) is 80.1 cm³/mol. The third-order valence-electron chi connectivity index (χ3n) is 2.62. The lowest BCUT2D eigenvalue weighted by Crippen LogP contribution is -2.11. The van der Waals surface area contributed by atoms with E-state index in [0.29, 0.717) is 5.39 Å². The molecule has 0 amide bonds. The second kappa shape index (κ2) is 4.47. The summed E-state index contributed by atoms with van der Waals surface area (Å²) >= 11 is 3.41. The molecule has 3 rings (SSSR count). The van der Waals surface area contributed by atoms with Gasteiger partial charge in [-0.25, -0.2) is 8.35 Å². The van der Waals surface area contributed by atoms with Gasteiger partial charge in [-0.15, -0.1) is 0 Å². The Hall–Kier alpha value is -1.21. The Morgan fingerprint density at radius 3 is 2.67 bits per heavy atom. The summed E-state index contributed by atoms with van der Waals surface area (Å²) in [7, 11) is 0. The SMILES string of the molecule is O=c1c2ccccc2sn1-c1ccc(F)cc1I. The van der Waals surface area contributed by atoms with Crippen molar-refractivity contribution in [2.24, 2.45) is 0 Å². The standard InChI is InChI=1S/C13H7FINOS/c14-8-5-6-11(10(15)7-8)16-13(17)9-3-1-2-4-12(9)18-16/h1-7H. The first kappa shape index (κ1) is 11.9. The molecule has 0 radical (unpaired) electrons. The molecule has 0 saturated heterocycles. The first-order valence-corrected chi connectivity index (χ1v) is 7.08. The molecule has 0 aliphatic carbocycles. The number of fused-ring (bicyclic) bond motifs is 1. The lowest BCUT2D eigenvalue weighted by Gasteiger charge is -2.03. The molecule has 90 valence electrons. The van der Waals surface area contributed by atoms with Gasteiger partial charge in [-0.3, -0.25) is 4.79 Å². The summed E-state index contributed by atoms with van der Waals surface area (Å²) in [6, 6.07) is 11.9. The molecule has 18 heavy (non-hydrogen) atoms. The van der Waals surface area contributed by atoms with Crippen LogP contribution in [0.5, 0.6) is 0 Å². The van der Waals surface area contributed by atoms with Gasteiger partial charge in [-0.05, 0) is 52.9 Å². The fraction of sp³-hybridized carbons (Fsp3) is 0. The lowest BCUT2D eigenvalue weighted by molar-refractivity contribution is 0.626. The Morgan fingerprint density at radius 2 is 1.94 bits per heavy atom. The normalized spacial score (nSPS) is 11.0. The maximum Gasteiger partial charge on any atom is 0.273 e. The highest BCUT2D eigenvalue weighted by Crippen LogP contribution is 2.23. The Kier molecular flexibility index (Phi) is 2.95. The average molecular weight is 371 g/mol. The van der Waals surface area contributed by atoms with Crippen LogP contribution in [0.25, 0.3) is 15.8 Å². The van der Waals surface area contributed by atoms with Crippen molar-refractivity contribution in [2.75, 3.05) is 0 Å². The summed E-state index contributed by atoms with van der Waals surface area (Å²) < 4.78 is 16.3. The van der Waals surface area contributed by atoms with Gasteiger partial charge in [-0.1, -0.05) is 23.7 Å². The van der Waals surface area contributed by atoms with Crippen LogP contribution >= 0.6 is 34.1 Å². The van der Waals surface area contributed by atoms with Crippen LogP contribution in [0.4, 0.5) is 4.39 Å². The minimum Gasteiger partial charge on any atom is -0.267 e. The van der Waals surface area contributed by atoms with Gasteiger partial charge in [0.25, 0.3) is 5.56 Å². The van der Waals surface area contributed by atoms with E-state index in [2.05, 4.69) is 0 Å². The molecular formula is C13H7FINOS. The van der Waals surface area contributed by atoms with Crippen LogP contribution in [0.3, 0.4) is 0 Å². The largest absolute Gasteiger partial charge is 0.273 e. The molecule has 1 aromatic heterocycles. The van der Waals surface area contributed by atoms with E-state index in [1.807, 2.05) is 40.8 Å². The number of nitrogens with zero attached hydrogens (tertiary/aromatic N) is 1. The summed E-state index contributed by atoms with van der Waals surface area (Å²) in [6.07, 6.45) is 0. The zero-order valence-electron chi connectivity index (χ0n) is 9.06. The summed E-state index contributed by atoms with van der Waals surface area (Å²) in [5.41, 5.74) is 0.670. The Morgan fingerprint density at radius 1 is 1.17 bits per heavy atom. The van der Waals surface area contributed by atoms with Crippen molar-refractivity contribution in [3.8, 4) is 5.69 Å². The van der Waals surface area contributed by atoms with Crippen LogP contribution in [-0.2, 0) is 0 Å². The summed E-state index contributed by atoms with van der Waals surface area (Å²) in [6.45, 7) is 0. The molecule has 2 nitrogen and oxygen atoms in total. The first-order chi connectivity index (χ1) is 8.66. The van der Waals surface area contributed by atoms with Crippen molar-refractivity contribution < 1.29 is 4.39 Å². The van der Waals surface area contributed by atoms with Crippen molar-refractivity contribution in [2.45, 2.75) is 0 Å². The van der Waals surface area contributed by atoms with Gasteiger partial charge in [0.15, 0.2) is 0 Å². The molecule has 3 aromatic rings. The Balaban J connectivity index is 2.32. The zero-order valence-corrected chi connectivity index (χ0v) is 12.0. The van der Waals surface area contributed by atoms with Gasteiger partial charge >= 0.3 is 0 Å². The number of benzene rings is 2. The van der Waals surface area contributed by atoms with E-state index >= 15 is 0 Å². The monoisotopic (exact) mass is 371 g/mol. The van der Waals surface area contributed by atoms with Gasteiger partial charge in [0.05, 0.1) is 15.8 Å². The predicted octanol–water partition coefficient (Wildman–Crippen LogP) is 3.80. The number of rotatable bonds is 1. The van der Waals surface area contributed by atoms with Crippen molar-refractivity contribution in [1.29, 1.82) is 0 Å². The summed E-state index contributed by atoms with van der Waals surface area (Å²) in [5.74, 6) is -0.294. The van der Waals surface area contributed by atoms with E-state index < -0.39 is 0 Å². The lowest BCUT2D eigenvalue weighted by atomic mass is 10.3. The topological polar surface area (TPSA) is 22.0 Å². The fourth-order valence-corrected chi connectivity index (χ4v) is 3.69. The van der Waals surface area contributed by atoms with Gasteiger partial charge in [-0.2, -0.15) is 0 Å². The molecule has 1 heterocycles. The van der Waals surface area contributed by atoms with E-state index in [0.717, 1.165) is 14.0 Å². The third-order valence-corrected chi connectivity index (χ3v) is 4.58. The highest BCUT2D eigenvalue weighted by Gasteiger charge is 2.11. The molecule has 0 fully saturated rings. The van der Waals surface area contributed by atoms with E-state index in [4.69, 9.17) is 0 Å². The van der Waals surface area contributed by atoms with Crippen molar-refractivity contribution in [3.05, 3.63) is 62.2 Å². The maximum absolute atomic E-state index is 13.1. The number of hydrogen-bond donors (Lipinski definition) is 0. The van der Waals surface area contributed by atoms with E-state index in [-0.39, 0.29) is 11.4 Å². The summed E-state index contributed by atoms with van der Waals surface area (Å²) in [4.78, 5) is 12.2. The van der Waals surface area contributed by atoms with Gasteiger partial charge in [0.2, 0.25) is 0 Å². The minimum absolute atomic E-state index is 0.0554. The highest BCUT2D eigenvalue weighted by atomic mass is 127. The van der Waals surface area contributed by atoms with Crippen molar-refractivity contribution in [3.63, 3.8) is 0 Å². The number of halogens is 2. The highest BCUT2D eigenvalue weighted by molar-refractivity contribution is 14.1. The molecule has 0 atom stereocenters. The fourth-order valence-electron chi connectivity index (χ4n) is 1.78. The first-order valence-electron chi connectivity index (χ1n) is 5.23. The van der Waals surface area contributed by atoms with E-state index in [1.165, 1.54) is 23.7 Å². The molecular weight excluding hydrogens is 364 g/mol. The number of hydrogen-bond acceptors (Lipinski definition) is 2. The summed E-state index contributed by atoms with van der Waals surface area (Å²) in [5, 5.41) is 0.697. The van der Waals surface area contributed by atoms with Crippen molar-refractivity contribution in [1.82, 2.24) is 3.96 Å². The smallest absolute Gasteiger partial charge is 0.267 e. The van der Waals surface area contributed by atoms with Crippen LogP contribution in [0, 0.1) is 9.39 Å². The van der Waals surface area contributed by atoms with Crippen LogP contribution < -0.4 is 5.56 Å². The minimum atomic E-state index is -0.294. The van der Waals surface area contributed by atoms with Gasteiger partial charge in [0.1, 0.15) is 5.82 Å². The Labute approximate surface area is 120 Å². The zero-order chi connectivity index (χ0) is 12.7. The molecule has 0 aliphatic heterocycles. The average Bonchev–Trinajstić information content (AvgIpc) is 2.68. The molecule has 0 saturated carbocycles. The third kappa shape index (κ3) is 1.87. The van der Waals surface area contributed by atoms with Crippen LogP contribution in [0.1, 0.15) is 0 Å². The number of aromatic nitrogens is 1. The van der Waals surface area contributed by atoms with Crippen LogP contribution in [0.2, 0.25) is 0 Å². The Bertz CT molecular complexity index is 793. The maximum atomic E-state index is 13.1. The van der Waals surface area contributed by atoms with Crippen LogP contribution in [-0.4, -0.2) is 3.96 Å².